The number of halogens is 2. The molecule has 2 aromatic rings. The van der Waals surface area contributed by atoms with Crippen LogP contribution in [0.3, 0.4) is 0 Å². The van der Waals surface area contributed by atoms with Gasteiger partial charge in [0.25, 0.3) is 5.91 Å². The first-order valence-corrected chi connectivity index (χ1v) is 7.70. The van der Waals surface area contributed by atoms with Gasteiger partial charge >= 0.3 is 0 Å². The first-order valence-electron chi connectivity index (χ1n) is 6.94. The number of hydrogen-bond acceptors (Lipinski definition) is 2. The predicted octanol–water partition coefficient (Wildman–Crippen LogP) is 4.64. The summed E-state index contributed by atoms with van der Waals surface area (Å²) in [7, 11) is 0. The molecule has 0 aliphatic carbocycles. The molecule has 0 bridgehead atoms. The van der Waals surface area contributed by atoms with Gasteiger partial charge in [0, 0.05) is 10.0 Å². The molecule has 1 amide bonds. The second kappa shape index (κ2) is 7.52. The lowest BCUT2D eigenvalue weighted by atomic mass is 10.1. The maximum Gasteiger partial charge on any atom is 0.261 e. The van der Waals surface area contributed by atoms with Gasteiger partial charge in [0.05, 0.1) is 6.04 Å². The Labute approximate surface area is 140 Å². The highest BCUT2D eigenvalue weighted by molar-refractivity contribution is 6.31. The molecule has 3 nitrogen and oxygen atoms in total. The van der Waals surface area contributed by atoms with Crippen molar-refractivity contribution in [1.82, 2.24) is 5.32 Å². The molecule has 0 radical (unpaired) electrons. The number of benzene rings is 2. The van der Waals surface area contributed by atoms with Crippen LogP contribution in [0.15, 0.2) is 48.5 Å². The van der Waals surface area contributed by atoms with Gasteiger partial charge in [-0.25, -0.2) is 0 Å². The Morgan fingerprint density at radius 3 is 2.32 bits per heavy atom. The van der Waals surface area contributed by atoms with Crippen LogP contribution in [0.5, 0.6) is 5.75 Å². The molecule has 0 aliphatic heterocycles. The second-order valence-corrected chi connectivity index (χ2v) is 5.81. The smallest absolute Gasteiger partial charge is 0.261 e. The largest absolute Gasteiger partial charge is 0.481 e. The third kappa shape index (κ3) is 4.39. The Kier molecular flexibility index (Phi) is 5.69. The molecule has 22 heavy (non-hydrogen) atoms. The molecule has 116 valence electrons. The number of ether oxygens (including phenoxy) is 1. The molecule has 0 fully saturated rings. The van der Waals surface area contributed by atoms with Crippen molar-refractivity contribution in [3.63, 3.8) is 0 Å². The molecule has 0 aliphatic rings. The van der Waals surface area contributed by atoms with E-state index in [2.05, 4.69) is 5.32 Å². The highest BCUT2D eigenvalue weighted by atomic mass is 35.5. The van der Waals surface area contributed by atoms with Crippen LogP contribution >= 0.6 is 23.2 Å². The maximum atomic E-state index is 12.2. The number of amides is 1. The van der Waals surface area contributed by atoms with E-state index in [1.807, 2.05) is 25.1 Å². The van der Waals surface area contributed by atoms with Crippen molar-refractivity contribution in [2.45, 2.75) is 26.0 Å². The Morgan fingerprint density at radius 2 is 1.68 bits per heavy atom. The lowest BCUT2D eigenvalue weighted by Gasteiger charge is -2.19. The first-order chi connectivity index (χ1) is 10.5. The molecule has 2 atom stereocenters. The van der Waals surface area contributed by atoms with E-state index in [-0.39, 0.29) is 11.9 Å². The zero-order valence-electron chi connectivity index (χ0n) is 12.3. The van der Waals surface area contributed by atoms with Gasteiger partial charge in [0.2, 0.25) is 0 Å². The Balaban J connectivity index is 1.96. The fourth-order valence-electron chi connectivity index (χ4n) is 2.01. The van der Waals surface area contributed by atoms with Gasteiger partial charge in [-0.05, 0) is 49.7 Å². The van der Waals surface area contributed by atoms with Crippen molar-refractivity contribution in [3.05, 3.63) is 64.1 Å². The minimum absolute atomic E-state index is 0.197. The minimum Gasteiger partial charge on any atom is -0.481 e. The summed E-state index contributed by atoms with van der Waals surface area (Å²) in [5.74, 6) is 0.389. The van der Waals surface area contributed by atoms with Crippen molar-refractivity contribution in [2.24, 2.45) is 0 Å². The number of nitrogens with one attached hydrogen (secondary N) is 1. The van der Waals surface area contributed by atoms with Gasteiger partial charge in [-0.15, -0.1) is 0 Å². The van der Waals surface area contributed by atoms with Crippen LogP contribution in [0.25, 0.3) is 0 Å². The normalized spacial score (nSPS) is 13.3. The SMILES string of the molecule is CC(Oc1ccc(Cl)cc1)C(=O)NC(C)c1ccccc1Cl. The average Bonchev–Trinajstić information content (AvgIpc) is 2.49. The highest BCUT2D eigenvalue weighted by Crippen LogP contribution is 2.22. The van der Waals surface area contributed by atoms with Gasteiger partial charge in [0.1, 0.15) is 5.75 Å². The molecule has 1 N–H and O–H groups in total. The van der Waals surface area contributed by atoms with Crippen molar-refractivity contribution in [2.75, 3.05) is 0 Å². The summed E-state index contributed by atoms with van der Waals surface area (Å²) in [5.41, 5.74) is 0.871. The molecule has 0 aromatic heterocycles. The Hall–Kier alpha value is -1.71. The molecule has 2 aromatic carbocycles. The van der Waals surface area contributed by atoms with Crippen LogP contribution in [0, 0.1) is 0 Å². The fourth-order valence-corrected chi connectivity index (χ4v) is 2.43. The summed E-state index contributed by atoms with van der Waals surface area (Å²) in [5, 5.41) is 4.14. The molecular weight excluding hydrogens is 321 g/mol. The fraction of sp³-hybridized carbons (Fsp3) is 0.235. The number of rotatable bonds is 5. The van der Waals surface area contributed by atoms with Crippen LogP contribution in [-0.4, -0.2) is 12.0 Å². The minimum atomic E-state index is -0.619. The van der Waals surface area contributed by atoms with E-state index in [9.17, 15) is 4.79 Å². The van der Waals surface area contributed by atoms with E-state index in [0.29, 0.717) is 15.8 Å². The van der Waals surface area contributed by atoms with Crippen LogP contribution in [0.1, 0.15) is 25.5 Å². The van der Waals surface area contributed by atoms with Crippen LogP contribution in [0.2, 0.25) is 10.0 Å². The summed E-state index contributed by atoms with van der Waals surface area (Å²) in [6, 6.07) is 14.1. The van der Waals surface area contributed by atoms with Crippen LogP contribution in [-0.2, 0) is 4.79 Å². The summed E-state index contributed by atoms with van der Waals surface area (Å²) in [6.45, 7) is 3.58. The summed E-state index contributed by atoms with van der Waals surface area (Å²) in [6.07, 6.45) is -0.619. The molecule has 0 saturated heterocycles. The summed E-state index contributed by atoms with van der Waals surface area (Å²) in [4.78, 5) is 12.2. The third-order valence-electron chi connectivity index (χ3n) is 3.23. The Morgan fingerprint density at radius 1 is 1.05 bits per heavy atom. The van der Waals surface area contributed by atoms with E-state index in [4.69, 9.17) is 27.9 Å². The van der Waals surface area contributed by atoms with Crippen LogP contribution in [0.4, 0.5) is 0 Å². The van der Waals surface area contributed by atoms with Gasteiger partial charge in [-0.1, -0.05) is 41.4 Å². The zero-order valence-corrected chi connectivity index (χ0v) is 13.9. The van der Waals surface area contributed by atoms with E-state index in [1.165, 1.54) is 0 Å². The van der Waals surface area contributed by atoms with Crippen molar-refractivity contribution in [1.29, 1.82) is 0 Å². The quantitative estimate of drug-likeness (QED) is 0.863. The summed E-state index contributed by atoms with van der Waals surface area (Å²) >= 11 is 11.9. The standard InChI is InChI=1S/C17H17Cl2NO2/c1-11(15-5-3-4-6-16(15)19)20-17(21)12(2)22-14-9-7-13(18)8-10-14/h3-12H,1-2H3,(H,20,21). The molecule has 0 saturated carbocycles. The Bertz CT molecular complexity index is 643. The van der Waals surface area contributed by atoms with Crippen molar-refractivity contribution in [3.8, 4) is 5.75 Å². The molecule has 0 spiro atoms. The second-order valence-electron chi connectivity index (χ2n) is 4.97. The summed E-state index contributed by atoms with van der Waals surface area (Å²) < 4.78 is 5.59. The van der Waals surface area contributed by atoms with Crippen molar-refractivity contribution >= 4 is 29.1 Å². The zero-order chi connectivity index (χ0) is 16.1. The molecular formula is C17H17Cl2NO2. The lowest BCUT2D eigenvalue weighted by Crippen LogP contribution is -2.37. The average molecular weight is 338 g/mol. The number of carbonyl (C=O) groups excluding carboxylic acids is 1. The monoisotopic (exact) mass is 337 g/mol. The first kappa shape index (κ1) is 16.7. The third-order valence-corrected chi connectivity index (χ3v) is 3.82. The molecule has 5 heteroatoms. The highest BCUT2D eigenvalue weighted by Gasteiger charge is 2.18. The van der Waals surface area contributed by atoms with E-state index in [1.54, 1.807) is 37.3 Å². The van der Waals surface area contributed by atoms with Gasteiger partial charge in [-0.2, -0.15) is 0 Å². The molecule has 2 unspecified atom stereocenters. The van der Waals surface area contributed by atoms with Crippen LogP contribution < -0.4 is 10.1 Å². The lowest BCUT2D eigenvalue weighted by molar-refractivity contribution is -0.127. The number of carbonyl (C=O) groups is 1. The van der Waals surface area contributed by atoms with Gasteiger partial charge in [0.15, 0.2) is 6.10 Å². The van der Waals surface area contributed by atoms with Gasteiger partial charge < -0.3 is 10.1 Å². The van der Waals surface area contributed by atoms with Crippen molar-refractivity contribution < 1.29 is 9.53 Å². The van der Waals surface area contributed by atoms with E-state index in [0.717, 1.165) is 5.56 Å². The molecule has 0 heterocycles. The van der Waals surface area contributed by atoms with E-state index >= 15 is 0 Å². The number of hydrogen-bond donors (Lipinski definition) is 1. The predicted molar refractivity (Wildman–Crippen MR) is 89.6 cm³/mol. The molecule has 2 rings (SSSR count). The van der Waals surface area contributed by atoms with Gasteiger partial charge in [-0.3, -0.25) is 4.79 Å². The maximum absolute atomic E-state index is 12.2. The van der Waals surface area contributed by atoms with E-state index < -0.39 is 6.10 Å². The topological polar surface area (TPSA) is 38.3 Å².